The predicted molar refractivity (Wildman–Crippen MR) is 83.2 cm³/mol. The molecule has 4 nitrogen and oxygen atoms in total. The van der Waals surface area contributed by atoms with Crippen LogP contribution in [0.3, 0.4) is 0 Å². The molecule has 1 aromatic carbocycles. The van der Waals surface area contributed by atoms with E-state index in [1.165, 1.54) is 12.1 Å². The Hall–Kier alpha value is -1.61. The Morgan fingerprint density at radius 2 is 1.74 bits per heavy atom. The van der Waals surface area contributed by atoms with E-state index in [4.69, 9.17) is 0 Å². The van der Waals surface area contributed by atoms with Crippen LogP contribution in [0.1, 0.15) is 5.56 Å². The average Bonchev–Trinajstić information content (AvgIpc) is 2.45. The predicted octanol–water partition coefficient (Wildman–Crippen LogP) is 3.76. The Morgan fingerprint density at radius 3 is 2.30 bits per heavy atom. The highest BCUT2D eigenvalue weighted by atomic mass is 79.9. The van der Waals surface area contributed by atoms with E-state index in [9.17, 15) is 21.6 Å². The van der Waals surface area contributed by atoms with Crippen molar-refractivity contribution in [2.75, 3.05) is 19.0 Å². The van der Waals surface area contributed by atoms with Crippen LogP contribution in [0.4, 0.5) is 19.0 Å². The molecule has 124 valence electrons. The number of alkyl halides is 3. The lowest BCUT2D eigenvalue weighted by molar-refractivity contribution is -0.137. The molecular formula is C14H12BrF3N2O2S. The molecule has 1 heterocycles. The zero-order valence-corrected chi connectivity index (χ0v) is 14.5. The van der Waals surface area contributed by atoms with Gasteiger partial charge in [-0.25, -0.2) is 13.4 Å². The summed E-state index contributed by atoms with van der Waals surface area (Å²) in [6.07, 6.45) is -4.61. The van der Waals surface area contributed by atoms with Gasteiger partial charge in [-0.05, 0) is 46.3 Å². The van der Waals surface area contributed by atoms with Crippen LogP contribution < -0.4 is 4.90 Å². The number of sulfone groups is 1. The fourth-order valence-electron chi connectivity index (χ4n) is 1.82. The van der Waals surface area contributed by atoms with Gasteiger partial charge in [0.2, 0.25) is 9.84 Å². The number of halogens is 4. The van der Waals surface area contributed by atoms with Crippen LogP contribution in [0.2, 0.25) is 0 Å². The minimum Gasteiger partial charge on any atom is -0.363 e. The van der Waals surface area contributed by atoms with Gasteiger partial charge in [0.05, 0.1) is 15.4 Å². The third kappa shape index (κ3) is 3.84. The minimum atomic E-state index is -4.61. The van der Waals surface area contributed by atoms with E-state index >= 15 is 0 Å². The first-order chi connectivity index (χ1) is 10.5. The molecule has 0 bridgehead atoms. The van der Waals surface area contributed by atoms with Gasteiger partial charge in [-0.1, -0.05) is 6.07 Å². The summed E-state index contributed by atoms with van der Waals surface area (Å²) in [7, 11) is -0.745. The summed E-state index contributed by atoms with van der Waals surface area (Å²) in [6.45, 7) is 0. The zero-order chi connectivity index (χ0) is 17.4. The Kier molecular flexibility index (Phi) is 4.72. The van der Waals surface area contributed by atoms with E-state index in [0.717, 1.165) is 18.2 Å². The highest BCUT2D eigenvalue weighted by Gasteiger charge is 2.32. The SMILES string of the molecule is CN(C)c1cc(S(=O)(=O)c2cccc(C(F)(F)F)c2)cc(Br)n1. The Balaban J connectivity index is 2.60. The van der Waals surface area contributed by atoms with Gasteiger partial charge >= 0.3 is 6.18 Å². The van der Waals surface area contributed by atoms with E-state index in [1.807, 2.05) is 0 Å². The van der Waals surface area contributed by atoms with Crippen molar-refractivity contribution in [2.45, 2.75) is 16.0 Å². The summed E-state index contributed by atoms with van der Waals surface area (Å²) < 4.78 is 63.8. The summed E-state index contributed by atoms with van der Waals surface area (Å²) in [6, 6.07) is 6.21. The minimum absolute atomic E-state index is 0.137. The van der Waals surface area contributed by atoms with E-state index in [0.29, 0.717) is 11.9 Å². The summed E-state index contributed by atoms with van der Waals surface area (Å²) in [5.41, 5.74) is -1.01. The van der Waals surface area contributed by atoms with Crippen molar-refractivity contribution in [2.24, 2.45) is 0 Å². The highest BCUT2D eigenvalue weighted by Crippen LogP contribution is 2.32. The molecule has 0 aliphatic heterocycles. The van der Waals surface area contributed by atoms with Gasteiger partial charge in [-0.15, -0.1) is 0 Å². The molecule has 0 amide bonds. The van der Waals surface area contributed by atoms with Crippen LogP contribution >= 0.6 is 15.9 Å². The average molecular weight is 409 g/mol. The lowest BCUT2D eigenvalue weighted by atomic mass is 10.2. The molecule has 0 spiro atoms. The van der Waals surface area contributed by atoms with Crippen molar-refractivity contribution in [3.05, 3.63) is 46.6 Å². The normalized spacial score (nSPS) is 12.3. The van der Waals surface area contributed by atoms with Gasteiger partial charge in [0.25, 0.3) is 0 Å². The Labute approximate surface area is 140 Å². The van der Waals surface area contributed by atoms with Gasteiger partial charge in [-0.3, -0.25) is 0 Å². The first-order valence-corrected chi connectivity index (χ1v) is 8.56. The summed E-state index contributed by atoms with van der Waals surface area (Å²) in [5, 5.41) is 0. The van der Waals surface area contributed by atoms with Crippen LogP contribution in [-0.4, -0.2) is 27.5 Å². The van der Waals surface area contributed by atoms with Crippen molar-refractivity contribution >= 4 is 31.6 Å². The number of anilines is 1. The summed E-state index contributed by atoms with van der Waals surface area (Å²) in [5.74, 6) is 0.366. The molecule has 0 unspecified atom stereocenters. The molecule has 0 N–H and O–H groups in total. The van der Waals surface area contributed by atoms with Gasteiger partial charge in [0.15, 0.2) is 0 Å². The standard InChI is InChI=1S/C14H12BrF3N2O2S/c1-20(2)13-8-11(7-12(15)19-13)23(21,22)10-5-3-4-9(6-10)14(16,17)18/h3-8H,1-2H3. The Morgan fingerprint density at radius 1 is 1.09 bits per heavy atom. The maximum absolute atomic E-state index is 12.8. The molecule has 0 radical (unpaired) electrons. The van der Waals surface area contributed by atoms with Crippen molar-refractivity contribution in [3.8, 4) is 0 Å². The maximum atomic E-state index is 12.8. The molecule has 2 rings (SSSR count). The molecule has 23 heavy (non-hydrogen) atoms. The van der Waals surface area contributed by atoms with Crippen molar-refractivity contribution in [1.29, 1.82) is 0 Å². The molecule has 9 heteroatoms. The van der Waals surface area contributed by atoms with Crippen molar-refractivity contribution in [1.82, 2.24) is 4.98 Å². The smallest absolute Gasteiger partial charge is 0.363 e. The first-order valence-electron chi connectivity index (χ1n) is 6.29. The number of rotatable bonds is 3. The number of hydrogen-bond acceptors (Lipinski definition) is 4. The van der Waals surface area contributed by atoms with Crippen LogP contribution in [0.25, 0.3) is 0 Å². The molecule has 1 aromatic heterocycles. The monoisotopic (exact) mass is 408 g/mol. The molecule has 2 aromatic rings. The van der Waals surface area contributed by atoms with Crippen LogP contribution in [-0.2, 0) is 16.0 Å². The number of nitrogens with zero attached hydrogens (tertiary/aromatic N) is 2. The molecule has 0 fully saturated rings. The third-order valence-electron chi connectivity index (χ3n) is 2.99. The van der Waals surface area contributed by atoms with Crippen LogP contribution in [0.5, 0.6) is 0 Å². The van der Waals surface area contributed by atoms with E-state index in [-0.39, 0.29) is 9.50 Å². The third-order valence-corrected chi connectivity index (χ3v) is 5.13. The lowest BCUT2D eigenvalue weighted by Crippen LogP contribution is -2.13. The summed E-state index contributed by atoms with van der Waals surface area (Å²) >= 11 is 3.11. The Bertz CT molecular complexity index is 836. The molecular weight excluding hydrogens is 397 g/mol. The van der Waals surface area contributed by atoms with Gasteiger partial charge < -0.3 is 4.90 Å². The first kappa shape index (κ1) is 17.7. The quantitative estimate of drug-likeness (QED) is 0.725. The van der Waals surface area contributed by atoms with E-state index in [1.54, 1.807) is 19.0 Å². The van der Waals surface area contributed by atoms with Crippen molar-refractivity contribution < 1.29 is 21.6 Å². The second-order valence-corrected chi connectivity index (χ2v) is 7.67. The van der Waals surface area contributed by atoms with Gasteiger partial charge in [0, 0.05) is 14.1 Å². The van der Waals surface area contributed by atoms with E-state index in [2.05, 4.69) is 20.9 Å². The molecule has 0 saturated carbocycles. The molecule has 0 aliphatic rings. The fraction of sp³-hybridized carbons (Fsp3) is 0.214. The molecule has 0 saturated heterocycles. The van der Waals surface area contributed by atoms with Gasteiger partial charge in [0.1, 0.15) is 10.4 Å². The van der Waals surface area contributed by atoms with Crippen molar-refractivity contribution in [3.63, 3.8) is 0 Å². The topological polar surface area (TPSA) is 50.3 Å². The molecule has 0 aliphatic carbocycles. The van der Waals surface area contributed by atoms with E-state index < -0.39 is 26.5 Å². The zero-order valence-electron chi connectivity index (χ0n) is 12.1. The molecule has 0 atom stereocenters. The fourth-order valence-corrected chi connectivity index (χ4v) is 3.74. The number of aromatic nitrogens is 1. The second kappa shape index (κ2) is 6.12. The van der Waals surface area contributed by atoms with Crippen LogP contribution in [0.15, 0.2) is 50.8 Å². The summed E-state index contributed by atoms with van der Waals surface area (Å²) in [4.78, 5) is 5.13. The largest absolute Gasteiger partial charge is 0.416 e. The lowest BCUT2D eigenvalue weighted by Gasteiger charge is -2.14. The number of pyridine rings is 1. The van der Waals surface area contributed by atoms with Crippen LogP contribution in [0, 0.1) is 0 Å². The second-order valence-electron chi connectivity index (χ2n) is 4.91. The number of benzene rings is 1. The van der Waals surface area contributed by atoms with Gasteiger partial charge in [-0.2, -0.15) is 13.2 Å². The highest BCUT2D eigenvalue weighted by molar-refractivity contribution is 9.10. The number of hydrogen-bond donors (Lipinski definition) is 0. The maximum Gasteiger partial charge on any atom is 0.416 e.